The number of nitrogens with one attached hydrogen (secondary N) is 2. The lowest BCUT2D eigenvalue weighted by molar-refractivity contribution is -0.00697. The maximum atomic E-state index is 12.5. The molecule has 2 aliphatic rings. The summed E-state index contributed by atoms with van der Waals surface area (Å²) in [5.41, 5.74) is 2.28. The molecule has 3 rings (SSSR count). The molecule has 0 fully saturated rings. The average Bonchev–Trinajstić information content (AvgIpc) is 2.95. The van der Waals surface area contributed by atoms with Gasteiger partial charge in [-0.15, -0.1) is 0 Å². The quantitative estimate of drug-likeness (QED) is 0.814. The van der Waals surface area contributed by atoms with Gasteiger partial charge in [-0.3, -0.25) is 9.89 Å². The van der Waals surface area contributed by atoms with Crippen LogP contribution in [0.5, 0.6) is 0 Å². The molecule has 5 heteroatoms. The van der Waals surface area contributed by atoms with Gasteiger partial charge in [0, 0.05) is 17.5 Å². The number of nitrogens with zero attached hydrogens (tertiary/aromatic N) is 1. The Hall–Kier alpha value is -1.62. The molecule has 2 N–H and O–H groups in total. The van der Waals surface area contributed by atoms with Crippen LogP contribution in [0.4, 0.5) is 0 Å². The van der Waals surface area contributed by atoms with E-state index in [0.29, 0.717) is 5.69 Å². The van der Waals surface area contributed by atoms with Crippen LogP contribution in [0.2, 0.25) is 0 Å². The van der Waals surface area contributed by atoms with Crippen molar-refractivity contribution < 1.29 is 9.53 Å². The van der Waals surface area contributed by atoms with Crippen molar-refractivity contribution in [2.24, 2.45) is 0 Å². The summed E-state index contributed by atoms with van der Waals surface area (Å²) in [4.78, 5) is 12.5. The van der Waals surface area contributed by atoms with Gasteiger partial charge in [-0.25, -0.2) is 0 Å². The fraction of sp³-hybridized carbons (Fsp3) is 0.600. The second kappa shape index (κ2) is 4.74. The van der Waals surface area contributed by atoms with Crippen molar-refractivity contribution in [3.63, 3.8) is 0 Å². The van der Waals surface area contributed by atoms with E-state index in [2.05, 4.69) is 34.6 Å². The molecule has 1 aliphatic carbocycles. The first kappa shape index (κ1) is 13.4. The number of aromatic nitrogens is 2. The molecule has 2 atom stereocenters. The first-order valence-electron chi connectivity index (χ1n) is 7.18. The van der Waals surface area contributed by atoms with Gasteiger partial charge in [-0.2, -0.15) is 5.10 Å². The second-order valence-corrected chi connectivity index (χ2v) is 6.15. The summed E-state index contributed by atoms with van der Waals surface area (Å²) in [5, 5.41) is 10.3. The zero-order valence-corrected chi connectivity index (χ0v) is 12.2. The Kier molecular flexibility index (Phi) is 3.17. The topological polar surface area (TPSA) is 67.0 Å². The fourth-order valence-corrected chi connectivity index (χ4v) is 3.07. The van der Waals surface area contributed by atoms with Crippen LogP contribution in [0.25, 0.3) is 0 Å². The summed E-state index contributed by atoms with van der Waals surface area (Å²) in [6.07, 6.45) is 6.78. The van der Waals surface area contributed by atoms with Gasteiger partial charge in [-0.05, 0) is 33.6 Å². The summed E-state index contributed by atoms with van der Waals surface area (Å²) in [5.74, 6) is -0.0880. The number of amides is 1. The van der Waals surface area contributed by atoms with Crippen molar-refractivity contribution in [1.29, 1.82) is 0 Å². The molecular weight excluding hydrogens is 254 g/mol. The van der Waals surface area contributed by atoms with E-state index in [1.165, 1.54) is 0 Å². The van der Waals surface area contributed by atoms with Crippen molar-refractivity contribution in [1.82, 2.24) is 15.5 Å². The molecule has 0 spiro atoms. The van der Waals surface area contributed by atoms with Gasteiger partial charge in [0.25, 0.3) is 5.91 Å². The van der Waals surface area contributed by atoms with E-state index in [1.54, 1.807) is 0 Å². The van der Waals surface area contributed by atoms with Crippen LogP contribution < -0.4 is 5.32 Å². The van der Waals surface area contributed by atoms with E-state index in [1.807, 2.05) is 13.8 Å². The summed E-state index contributed by atoms with van der Waals surface area (Å²) in [6.45, 7) is 6.07. The van der Waals surface area contributed by atoms with Crippen LogP contribution in [0.3, 0.4) is 0 Å². The van der Waals surface area contributed by atoms with E-state index in [4.69, 9.17) is 4.74 Å². The fourth-order valence-electron chi connectivity index (χ4n) is 3.07. The number of rotatable bonds is 2. The largest absolute Gasteiger partial charge is 0.369 e. The van der Waals surface area contributed by atoms with Crippen molar-refractivity contribution >= 4 is 5.91 Å². The number of fused-ring (bicyclic) bond motifs is 1. The van der Waals surface area contributed by atoms with E-state index >= 15 is 0 Å². The van der Waals surface area contributed by atoms with Crippen LogP contribution in [-0.4, -0.2) is 27.7 Å². The SMILES string of the molecule is C[C@@H]1Cc2c(C(=O)NC3(C)CC=CC3)n[nH]c2[C@H](C)O1. The maximum absolute atomic E-state index is 12.5. The lowest BCUT2D eigenvalue weighted by Crippen LogP contribution is -2.44. The highest BCUT2D eigenvalue weighted by Crippen LogP contribution is 2.30. The molecule has 20 heavy (non-hydrogen) atoms. The Labute approximate surface area is 118 Å². The van der Waals surface area contributed by atoms with Crippen molar-refractivity contribution in [3.05, 3.63) is 29.1 Å². The molecule has 1 aromatic rings. The van der Waals surface area contributed by atoms with Crippen LogP contribution in [0.15, 0.2) is 12.2 Å². The van der Waals surface area contributed by atoms with E-state index in [9.17, 15) is 4.79 Å². The predicted octanol–water partition coefficient (Wildman–Crippen LogP) is 2.27. The van der Waals surface area contributed by atoms with Crippen LogP contribution in [0.1, 0.15) is 61.5 Å². The molecule has 5 nitrogen and oxygen atoms in total. The number of carbonyl (C=O) groups is 1. The summed E-state index contributed by atoms with van der Waals surface area (Å²) in [6, 6.07) is 0. The number of H-pyrrole nitrogens is 1. The zero-order valence-electron chi connectivity index (χ0n) is 12.2. The van der Waals surface area contributed by atoms with E-state index in [0.717, 1.165) is 30.5 Å². The normalized spacial score (nSPS) is 27.4. The Morgan fingerprint density at radius 3 is 2.85 bits per heavy atom. The molecule has 1 amide bonds. The highest BCUT2D eigenvalue weighted by atomic mass is 16.5. The van der Waals surface area contributed by atoms with Gasteiger partial charge >= 0.3 is 0 Å². The average molecular weight is 275 g/mol. The summed E-state index contributed by atoms with van der Waals surface area (Å²) >= 11 is 0. The van der Waals surface area contributed by atoms with Gasteiger partial charge in [0.05, 0.1) is 17.9 Å². The van der Waals surface area contributed by atoms with Crippen molar-refractivity contribution in [2.45, 2.75) is 57.8 Å². The Bertz CT molecular complexity index is 553. The van der Waals surface area contributed by atoms with E-state index in [-0.39, 0.29) is 23.7 Å². The third kappa shape index (κ3) is 2.26. The standard InChI is InChI=1S/C15H21N3O2/c1-9-8-11-12(10(2)20-9)17-18-13(11)14(19)16-15(3)6-4-5-7-15/h4-5,9-10H,6-8H2,1-3H3,(H,16,19)(H,17,18)/t9-,10+/m1/s1. The minimum atomic E-state index is -0.175. The Balaban J connectivity index is 1.83. The number of ether oxygens (including phenoxy) is 1. The van der Waals surface area contributed by atoms with Crippen LogP contribution >= 0.6 is 0 Å². The maximum Gasteiger partial charge on any atom is 0.272 e. The molecule has 0 saturated heterocycles. The van der Waals surface area contributed by atoms with Crippen molar-refractivity contribution in [2.75, 3.05) is 0 Å². The van der Waals surface area contributed by atoms with Crippen LogP contribution in [0, 0.1) is 0 Å². The smallest absolute Gasteiger partial charge is 0.272 e. The minimum absolute atomic E-state index is 0.0356. The second-order valence-electron chi connectivity index (χ2n) is 6.15. The third-order valence-corrected chi connectivity index (χ3v) is 4.17. The minimum Gasteiger partial charge on any atom is -0.369 e. The zero-order chi connectivity index (χ0) is 14.3. The molecule has 108 valence electrons. The number of hydrogen-bond donors (Lipinski definition) is 2. The van der Waals surface area contributed by atoms with Gasteiger partial charge in [0.2, 0.25) is 0 Å². The third-order valence-electron chi connectivity index (χ3n) is 4.17. The predicted molar refractivity (Wildman–Crippen MR) is 75.5 cm³/mol. The Morgan fingerprint density at radius 2 is 2.15 bits per heavy atom. The number of aromatic amines is 1. The molecule has 0 bridgehead atoms. The van der Waals surface area contributed by atoms with E-state index < -0.39 is 0 Å². The lowest BCUT2D eigenvalue weighted by Gasteiger charge is -2.27. The molecule has 0 aromatic carbocycles. The van der Waals surface area contributed by atoms with Gasteiger partial charge in [0.15, 0.2) is 5.69 Å². The molecule has 2 heterocycles. The van der Waals surface area contributed by atoms with Gasteiger partial charge in [-0.1, -0.05) is 12.2 Å². The highest BCUT2D eigenvalue weighted by Gasteiger charge is 2.33. The molecule has 1 aliphatic heterocycles. The first-order valence-corrected chi connectivity index (χ1v) is 7.18. The van der Waals surface area contributed by atoms with Gasteiger partial charge < -0.3 is 10.1 Å². The first-order chi connectivity index (χ1) is 9.48. The molecule has 0 unspecified atom stereocenters. The molecule has 0 saturated carbocycles. The lowest BCUT2D eigenvalue weighted by atomic mass is 9.97. The van der Waals surface area contributed by atoms with Gasteiger partial charge in [0.1, 0.15) is 0 Å². The highest BCUT2D eigenvalue weighted by molar-refractivity contribution is 5.94. The Morgan fingerprint density at radius 1 is 1.45 bits per heavy atom. The molecule has 1 aromatic heterocycles. The number of carbonyl (C=O) groups excluding carboxylic acids is 1. The number of hydrogen-bond acceptors (Lipinski definition) is 3. The molecule has 0 radical (unpaired) electrons. The monoisotopic (exact) mass is 275 g/mol. The van der Waals surface area contributed by atoms with Crippen molar-refractivity contribution in [3.8, 4) is 0 Å². The van der Waals surface area contributed by atoms with Crippen LogP contribution in [-0.2, 0) is 11.2 Å². The summed E-state index contributed by atoms with van der Waals surface area (Å²) < 4.78 is 5.75. The molecular formula is C15H21N3O2. The summed E-state index contributed by atoms with van der Waals surface area (Å²) in [7, 11) is 0.